The Hall–Kier alpha value is -1.11. The van der Waals surface area contributed by atoms with Crippen LogP contribution in [0, 0.1) is 0 Å². The van der Waals surface area contributed by atoms with Crippen LogP contribution in [0.25, 0.3) is 0 Å². The third-order valence-corrected chi connectivity index (χ3v) is 3.96. The van der Waals surface area contributed by atoms with Gasteiger partial charge in [-0.2, -0.15) is 0 Å². The SMILES string of the molecule is CCC(N)CNc1ccc(S(=O)(=O)NC)cc1. The van der Waals surface area contributed by atoms with E-state index in [-0.39, 0.29) is 10.9 Å². The number of hydrogen-bond donors (Lipinski definition) is 3. The van der Waals surface area contributed by atoms with Gasteiger partial charge in [-0.25, -0.2) is 13.1 Å². The summed E-state index contributed by atoms with van der Waals surface area (Å²) in [7, 11) is -1.96. The van der Waals surface area contributed by atoms with Crippen LogP contribution in [-0.2, 0) is 10.0 Å². The zero-order valence-corrected chi connectivity index (χ0v) is 10.9. The minimum Gasteiger partial charge on any atom is -0.383 e. The molecule has 17 heavy (non-hydrogen) atoms. The first kappa shape index (κ1) is 14.0. The Morgan fingerprint density at radius 3 is 2.35 bits per heavy atom. The highest BCUT2D eigenvalue weighted by Crippen LogP contribution is 2.13. The largest absolute Gasteiger partial charge is 0.383 e. The van der Waals surface area contributed by atoms with E-state index in [1.807, 2.05) is 6.92 Å². The first-order valence-corrected chi connectivity index (χ1v) is 7.01. The maximum atomic E-state index is 11.5. The van der Waals surface area contributed by atoms with E-state index >= 15 is 0 Å². The summed E-state index contributed by atoms with van der Waals surface area (Å²) in [5.74, 6) is 0. The fraction of sp³-hybridized carbons (Fsp3) is 0.455. The molecule has 0 aliphatic rings. The lowest BCUT2D eigenvalue weighted by atomic mass is 10.2. The normalized spacial score (nSPS) is 13.4. The molecule has 0 aliphatic carbocycles. The zero-order valence-electron chi connectivity index (χ0n) is 10.1. The Kier molecular flexibility index (Phi) is 4.92. The molecule has 1 rings (SSSR count). The van der Waals surface area contributed by atoms with E-state index in [9.17, 15) is 8.42 Å². The third-order valence-electron chi connectivity index (χ3n) is 2.53. The van der Waals surface area contributed by atoms with Gasteiger partial charge in [-0.3, -0.25) is 0 Å². The van der Waals surface area contributed by atoms with Crippen molar-refractivity contribution in [2.75, 3.05) is 18.9 Å². The van der Waals surface area contributed by atoms with Crippen molar-refractivity contribution in [3.8, 4) is 0 Å². The van der Waals surface area contributed by atoms with Gasteiger partial charge in [0, 0.05) is 18.3 Å². The third kappa shape index (κ3) is 3.99. The minimum absolute atomic E-state index is 0.107. The van der Waals surface area contributed by atoms with Crippen molar-refractivity contribution >= 4 is 15.7 Å². The zero-order chi connectivity index (χ0) is 12.9. The molecule has 6 heteroatoms. The van der Waals surface area contributed by atoms with Crippen LogP contribution in [0.5, 0.6) is 0 Å². The highest BCUT2D eigenvalue weighted by atomic mass is 32.2. The summed E-state index contributed by atoms with van der Waals surface area (Å²) in [4.78, 5) is 0.255. The lowest BCUT2D eigenvalue weighted by Gasteiger charge is -2.11. The molecular formula is C11H19N3O2S. The number of rotatable bonds is 6. The predicted octanol–water partition coefficient (Wildman–Crippen LogP) is 0.744. The minimum atomic E-state index is -3.35. The average molecular weight is 257 g/mol. The number of benzene rings is 1. The lowest BCUT2D eigenvalue weighted by Crippen LogP contribution is -2.28. The molecule has 1 unspecified atom stereocenters. The van der Waals surface area contributed by atoms with Crippen LogP contribution in [0.3, 0.4) is 0 Å². The lowest BCUT2D eigenvalue weighted by molar-refractivity contribution is 0.588. The monoisotopic (exact) mass is 257 g/mol. The first-order valence-electron chi connectivity index (χ1n) is 5.52. The molecule has 5 nitrogen and oxygen atoms in total. The molecule has 96 valence electrons. The molecule has 0 saturated heterocycles. The summed E-state index contributed by atoms with van der Waals surface area (Å²) in [6.45, 7) is 2.70. The van der Waals surface area contributed by atoms with Gasteiger partial charge in [0.2, 0.25) is 10.0 Å². The molecule has 0 spiro atoms. The van der Waals surface area contributed by atoms with Gasteiger partial charge in [0.15, 0.2) is 0 Å². The number of nitrogens with one attached hydrogen (secondary N) is 2. The highest BCUT2D eigenvalue weighted by Gasteiger charge is 2.10. The molecule has 0 bridgehead atoms. The van der Waals surface area contributed by atoms with Crippen LogP contribution >= 0.6 is 0 Å². The van der Waals surface area contributed by atoms with Gasteiger partial charge >= 0.3 is 0 Å². The van der Waals surface area contributed by atoms with Gasteiger partial charge in [-0.15, -0.1) is 0 Å². The second-order valence-corrected chi connectivity index (χ2v) is 5.67. The van der Waals surface area contributed by atoms with E-state index in [4.69, 9.17) is 5.73 Å². The van der Waals surface area contributed by atoms with Crippen LogP contribution in [0.2, 0.25) is 0 Å². The second-order valence-electron chi connectivity index (χ2n) is 3.78. The van der Waals surface area contributed by atoms with Crippen LogP contribution < -0.4 is 15.8 Å². The molecule has 0 fully saturated rings. The molecule has 1 aromatic rings. The second kappa shape index (κ2) is 6.00. The molecular weight excluding hydrogens is 238 g/mol. The Morgan fingerprint density at radius 1 is 1.29 bits per heavy atom. The van der Waals surface area contributed by atoms with Crippen molar-refractivity contribution in [3.05, 3.63) is 24.3 Å². The first-order chi connectivity index (χ1) is 7.99. The van der Waals surface area contributed by atoms with Gasteiger partial charge in [0.25, 0.3) is 0 Å². The van der Waals surface area contributed by atoms with E-state index in [1.165, 1.54) is 7.05 Å². The fourth-order valence-electron chi connectivity index (χ4n) is 1.26. The van der Waals surface area contributed by atoms with Gasteiger partial charge < -0.3 is 11.1 Å². The van der Waals surface area contributed by atoms with Crippen molar-refractivity contribution in [3.63, 3.8) is 0 Å². The molecule has 1 aromatic carbocycles. The Balaban J connectivity index is 2.69. The van der Waals surface area contributed by atoms with E-state index in [0.717, 1.165) is 12.1 Å². The number of anilines is 1. The van der Waals surface area contributed by atoms with Crippen molar-refractivity contribution in [2.24, 2.45) is 5.73 Å². The quantitative estimate of drug-likeness (QED) is 0.702. The summed E-state index contributed by atoms with van der Waals surface area (Å²) >= 11 is 0. The van der Waals surface area contributed by atoms with E-state index < -0.39 is 10.0 Å². The molecule has 0 aromatic heterocycles. The van der Waals surface area contributed by atoms with Gasteiger partial charge in [-0.1, -0.05) is 6.92 Å². The maximum absolute atomic E-state index is 11.5. The molecule has 0 saturated carbocycles. The average Bonchev–Trinajstić information content (AvgIpc) is 2.36. The van der Waals surface area contributed by atoms with Gasteiger partial charge in [0.1, 0.15) is 0 Å². The van der Waals surface area contributed by atoms with E-state index in [0.29, 0.717) is 6.54 Å². The number of sulfonamides is 1. The van der Waals surface area contributed by atoms with Crippen LogP contribution in [0.1, 0.15) is 13.3 Å². The molecule has 0 amide bonds. The topological polar surface area (TPSA) is 84.2 Å². The van der Waals surface area contributed by atoms with Gasteiger partial charge in [0.05, 0.1) is 4.90 Å². The molecule has 0 aliphatic heterocycles. The van der Waals surface area contributed by atoms with Crippen LogP contribution in [-0.4, -0.2) is 28.1 Å². The van der Waals surface area contributed by atoms with Crippen molar-refractivity contribution in [1.82, 2.24) is 4.72 Å². The molecule has 1 atom stereocenters. The predicted molar refractivity (Wildman–Crippen MR) is 69.4 cm³/mol. The Labute approximate surface area is 102 Å². The summed E-state index contributed by atoms with van der Waals surface area (Å²) in [5, 5.41) is 3.15. The van der Waals surface area contributed by atoms with E-state index in [1.54, 1.807) is 24.3 Å². The molecule has 4 N–H and O–H groups in total. The van der Waals surface area contributed by atoms with Gasteiger partial charge in [-0.05, 0) is 37.7 Å². The number of hydrogen-bond acceptors (Lipinski definition) is 4. The summed E-state index contributed by atoms with van der Waals surface area (Å²) in [5.41, 5.74) is 6.64. The van der Waals surface area contributed by atoms with Crippen LogP contribution in [0.15, 0.2) is 29.2 Å². The molecule has 0 radical (unpaired) electrons. The Bertz CT molecular complexity index is 442. The summed E-state index contributed by atoms with van der Waals surface area (Å²) in [6.07, 6.45) is 0.902. The summed E-state index contributed by atoms with van der Waals surface area (Å²) in [6, 6.07) is 6.69. The van der Waals surface area contributed by atoms with Crippen LogP contribution in [0.4, 0.5) is 5.69 Å². The van der Waals surface area contributed by atoms with Crippen molar-refractivity contribution in [1.29, 1.82) is 0 Å². The maximum Gasteiger partial charge on any atom is 0.240 e. The van der Waals surface area contributed by atoms with E-state index in [2.05, 4.69) is 10.0 Å². The number of nitrogens with two attached hydrogens (primary N) is 1. The Morgan fingerprint density at radius 2 is 1.88 bits per heavy atom. The highest BCUT2D eigenvalue weighted by molar-refractivity contribution is 7.89. The smallest absolute Gasteiger partial charge is 0.240 e. The van der Waals surface area contributed by atoms with Crippen molar-refractivity contribution < 1.29 is 8.42 Å². The van der Waals surface area contributed by atoms with Crippen molar-refractivity contribution in [2.45, 2.75) is 24.3 Å². The fourth-order valence-corrected chi connectivity index (χ4v) is 1.99. The molecule has 0 heterocycles. The standard InChI is InChI=1S/C11H19N3O2S/c1-3-9(12)8-14-10-4-6-11(7-5-10)17(15,16)13-2/h4-7,9,13-14H,3,8,12H2,1-2H3. The summed E-state index contributed by atoms with van der Waals surface area (Å²) < 4.78 is 25.2.